The van der Waals surface area contributed by atoms with E-state index < -0.39 is 0 Å². The number of anilines is 1. The topological polar surface area (TPSA) is 69.4 Å². The van der Waals surface area contributed by atoms with Crippen molar-refractivity contribution in [2.45, 2.75) is 38.2 Å². The summed E-state index contributed by atoms with van der Waals surface area (Å²) in [5.74, 6) is 1.15. The smallest absolute Gasteiger partial charge is 0.321 e. The molecule has 2 rings (SSSR count). The standard InChI is InChI=1S/C13H23N3O3/c1-17-9-8-14-13-15-12(16-19-13)11(18-2)10-6-4-3-5-7-10/h10-11H,3-9H2,1-2H3,(H,14,15,16). The average Bonchev–Trinajstić information content (AvgIpc) is 2.90. The minimum absolute atomic E-state index is 0.0537. The highest BCUT2D eigenvalue weighted by molar-refractivity contribution is 5.18. The number of hydrogen-bond donors (Lipinski definition) is 1. The van der Waals surface area contributed by atoms with Crippen LogP contribution in [0.1, 0.15) is 44.0 Å². The average molecular weight is 269 g/mol. The second-order valence-electron chi connectivity index (χ2n) is 4.93. The zero-order valence-electron chi connectivity index (χ0n) is 11.7. The van der Waals surface area contributed by atoms with E-state index in [0.717, 1.165) is 0 Å². The van der Waals surface area contributed by atoms with Gasteiger partial charge in [-0.25, -0.2) is 0 Å². The van der Waals surface area contributed by atoms with Crippen molar-refractivity contribution in [2.75, 3.05) is 32.7 Å². The SMILES string of the molecule is COCCNc1nc(C(OC)C2CCCCC2)no1. The fraction of sp³-hybridized carbons (Fsp3) is 0.846. The summed E-state index contributed by atoms with van der Waals surface area (Å²) < 4.78 is 15.7. The minimum atomic E-state index is -0.0537. The molecule has 1 aliphatic carbocycles. The zero-order chi connectivity index (χ0) is 13.5. The Hall–Kier alpha value is -1.14. The van der Waals surface area contributed by atoms with Gasteiger partial charge in [-0.15, -0.1) is 0 Å². The van der Waals surface area contributed by atoms with Crippen LogP contribution in [0.2, 0.25) is 0 Å². The first-order valence-electron chi connectivity index (χ1n) is 6.94. The summed E-state index contributed by atoms with van der Waals surface area (Å²) in [4.78, 5) is 4.36. The second kappa shape index (κ2) is 7.45. The number of aromatic nitrogens is 2. The molecule has 1 unspecified atom stereocenters. The van der Waals surface area contributed by atoms with Crippen molar-refractivity contribution in [3.8, 4) is 0 Å². The van der Waals surface area contributed by atoms with Gasteiger partial charge in [0.1, 0.15) is 6.10 Å². The van der Waals surface area contributed by atoms with E-state index in [4.69, 9.17) is 14.0 Å². The monoisotopic (exact) mass is 269 g/mol. The van der Waals surface area contributed by atoms with Crippen LogP contribution < -0.4 is 5.32 Å². The first kappa shape index (κ1) is 14.3. The molecule has 19 heavy (non-hydrogen) atoms. The Morgan fingerprint density at radius 2 is 2.11 bits per heavy atom. The number of methoxy groups -OCH3 is 2. The summed E-state index contributed by atoms with van der Waals surface area (Å²) in [5.41, 5.74) is 0. The molecule has 0 aromatic carbocycles. The molecule has 1 atom stereocenters. The summed E-state index contributed by atoms with van der Waals surface area (Å²) >= 11 is 0. The first-order valence-corrected chi connectivity index (χ1v) is 6.94. The van der Waals surface area contributed by atoms with Crippen LogP contribution in [-0.4, -0.2) is 37.5 Å². The highest BCUT2D eigenvalue weighted by atomic mass is 16.5. The molecule has 1 heterocycles. The van der Waals surface area contributed by atoms with Gasteiger partial charge in [0, 0.05) is 20.8 Å². The van der Waals surface area contributed by atoms with E-state index in [1.54, 1.807) is 14.2 Å². The van der Waals surface area contributed by atoms with E-state index in [1.165, 1.54) is 32.1 Å². The lowest BCUT2D eigenvalue weighted by atomic mass is 9.85. The van der Waals surface area contributed by atoms with Gasteiger partial charge >= 0.3 is 6.01 Å². The summed E-state index contributed by atoms with van der Waals surface area (Å²) in [7, 11) is 3.37. The van der Waals surface area contributed by atoms with Crippen molar-refractivity contribution >= 4 is 6.01 Å². The predicted molar refractivity (Wildman–Crippen MR) is 71.0 cm³/mol. The number of nitrogens with zero attached hydrogens (tertiary/aromatic N) is 2. The van der Waals surface area contributed by atoms with Crippen molar-refractivity contribution in [1.29, 1.82) is 0 Å². The van der Waals surface area contributed by atoms with Crippen molar-refractivity contribution in [1.82, 2.24) is 10.1 Å². The van der Waals surface area contributed by atoms with Crippen LogP contribution in [0.5, 0.6) is 0 Å². The number of hydrogen-bond acceptors (Lipinski definition) is 6. The van der Waals surface area contributed by atoms with Crippen LogP contribution >= 0.6 is 0 Å². The number of nitrogens with one attached hydrogen (secondary N) is 1. The Morgan fingerprint density at radius 3 is 2.79 bits per heavy atom. The lowest BCUT2D eigenvalue weighted by Gasteiger charge is -2.26. The quantitative estimate of drug-likeness (QED) is 0.766. The largest absolute Gasteiger partial charge is 0.383 e. The molecule has 0 bridgehead atoms. The number of ether oxygens (including phenoxy) is 2. The molecule has 6 heteroatoms. The zero-order valence-corrected chi connectivity index (χ0v) is 11.7. The normalized spacial score (nSPS) is 18.4. The molecular weight excluding hydrogens is 246 g/mol. The van der Waals surface area contributed by atoms with E-state index in [-0.39, 0.29) is 6.10 Å². The van der Waals surface area contributed by atoms with Gasteiger partial charge in [0.25, 0.3) is 0 Å². The van der Waals surface area contributed by atoms with E-state index >= 15 is 0 Å². The third kappa shape index (κ3) is 3.91. The molecule has 0 amide bonds. The molecule has 6 nitrogen and oxygen atoms in total. The maximum atomic E-state index is 5.58. The lowest BCUT2D eigenvalue weighted by Crippen LogP contribution is -2.19. The Balaban J connectivity index is 1.94. The van der Waals surface area contributed by atoms with Gasteiger partial charge < -0.3 is 19.3 Å². The molecule has 0 radical (unpaired) electrons. The van der Waals surface area contributed by atoms with Crippen molar-refractivity contribution < 1.29 is 14.0 Å². The predicted octanol–water partition coefficient (Wildman–Crippen LogP) is 2.40. The van der Waals surface area contributed by atoms with E-state index in [9.17, 15) is 0 Å². The maximum Gasteiger partial charge on any atom is 0.321 e. The van der Waals surface area contributed by atoms with Crippen molar-refractivity contribution in [2.24, 2.45) is 5.92 Å². The molecule has 1 aliphatic rings. The minimum Gasteiger partial charge on any atom is -0.383 e. The van der Waals surface area contributed by atoms with E-state index in [1.807, 2.05) is 0 Å². The molecule has 0 saturated heterocycles. The summed E-state index contributed by atoms with van der Waals surface area (Å²) in [5, 5.41) is 7.05. The van der Waals surface area contributed by atoms with Crippen LogP contribution in [0.3, 0.4) is 0 Å². The molecule has 1 aromatic heterocycles. The van der Waals surface area contributed by atoms with Gasteiger partial charge in [-0.2, -0.15) is 4.98 Å². The Bertz CT molecular complexity index is 364. The van der Waals surface area contributed by atoms with E-state index in [0.29, 0.717) is 30.9 Å². The van der Waals surface area contributed by atoms with Gasteiger partial charge in [-0.1, -0.05) is 24.4 Å². The van der Waals surface area contributed by atoms with Gasteiger partial charge in [-0.05, 0) is 18.8 Å². The van der Waals surface area contributed by atoms with Crippen LogP contribution in [-0.2, 0) is 9.47 Å². The Labute approximate surface area is 113 Å². The molecule has 1 fully saturated rings. The summed E-state index contributed by atoms with van der Waals surface area (Å²) in [6.07, 6.45) is 6.16. The molecule has 1 N–H and O–H groups in total. The third-order valence-electron chi connectivity index (χ3n) is 3.61. The van der Waals surface area contributed by atoms with Crippen LogP contribution in [0.25, 0.3) is 0 Å². The Kier molecular flexibility index (Phi) is 5.60. The highest BCUT2D eigenvalue weighted by Crippen LogP contribution is 2.35. The number of rotatable bonds is 7. The third-order valence-corrected chi connectivity index (χ3v) is 3.61. The second-order valence-corrected chi connectivity index (χ2v) is 4.93. The Morgan fingerprint density at radius 1 is 1.32 bits per heavy atom. The van der Waals surface area contributed by atoms with Crippen molar-refractivity contribution in [3.63, 3.8) is 0 Å². The van der Waals surface area contributed by atoms with E-state index in [2.05, 4.69) is 15.5 Å². The van der Waals surface area contributed by atoms with Crippen LogP contribution in [0, 0.1) is 5.92 Å². The van der Waals surface area contributed by atoms with Gasteiger partial charge in [0.05, 0.1) is 6.61 Å². The molecule has 1 aromatic rings. The summed E-state index contributed by atoms with van der Waals surface area (Å²) in [6.45, 7) is 1.26. The fourth-order valence-corrected chi connectivity index (χ4v) is 2.63. The first-order chi connectivity index (χ1) is 9.35. The molecule has 0 spiro atoms. The molecular formula is C13H23N3O3. The molecule has 108 valence electrons. The van der Waals surface area contributed by atoms with Gasteiger partial charge in [-0.3, -0.25) is 0 Å². The molecule has 1 saturated carbocycles. The fourth-order valence-electron chi connectivity index (χ4n) is 2.63. The summed E-state index contributed by atoms with van der Waals surface area (Å²) in [6, 6.07) is 0.435. The lowest BCUT2D eigenvalue weighted by molar-refractivity contribution is 0.0274. The maximum absolute atomic E-state index is 5.58. The van der Waals surface area contributed by atoms with Crippen molar-refractivity contribution in [3.05, 3.63) is 5.82 Å². The molecule has 0 aliphatic heterocycles. The van der Waals surface area contributed by atoms with Crippen LogP contribution in [0.15, 0.2) is 4.52 Å². The van der Waals surface area contributed by atoms with Crippen LogP contribution in [0.4, 0.5) is 6.01 Å². The highest BCUT2D eigenvalue weighted by Gasteiger charge is 2.28. The van der Waals surface area contributed by atoms with Gasteiger partial charge in [0.15, 0.2) is 0 Å². The van der Waals surface area contributed by atoms with Gasteiger partial charge in [0.2, 0.25) is 5.82 Å².